The maximum Gasteiger partial charge on any atom is 0.212 e. The number of hydrogen-bond acceptors (Lipinski definition) is 5. The summed E-state index contributed by atoms with van der Waals surface area (Å²) in [5.74, 6) is -0.246. The van der Waals surface area contributed by atoms with E-state index in [2.05, 4.69) is 10.2 Å². The second kappa shape index (κ2) is 5.70. The highest BCUT2D eigenvalue weighted by Crippen LogP contribution is 2.26. The van der Waals surface area contributed by atoms with Crippen molar-refractivity contribution in [2.75, 3.05) is 18.0 Å². The summed E-state index contributed by atoms with van der Waals surface area (Å²) in [6.45, 7) is 1.35. The molecule has 4 nitrogen and oxygen atoms in total. The lowest BCUT2D eigenvalue weighted by Gasteiger charge is -2.20. The Morgan fingerprint density at radius 1 is 1.29 bits per heavy atom. The quantitative estimate of drug-likeness (QED) is 0.886. The van der Waals surface area contributed by atoms with E-state index in [0.29, 0.717) is 6.54 Å². The zero-order chi connectivity index (χ0) is 12.1. The van der Waals surface area contributed by atoms with E-state index in [1.807, 2.05) is 4.90 Å². The molecule has 0 aliphatic carbocycles. The lowest BCUT2D eigenvalue weighted by Crippen LogP contribution is -2.20. The van der Waals surface area contributed by atoms with E-state index in [0.717, 1.165) is 23.8 Å². The predicted octanol–water partition coefficient (Wildman–Crippen LogP) is 2.16. The van der Waals surface area contributed by atoms with Crippen LogP contribution in [0, 0.1) is 5.82 Å². The number of aromatic nitrogens is 2. The van der Waals surface area contributed by atoms with E-state index in [1.54, 1.807) is 17.6 Å². The molecule has 0 amide bonds. The Bertz CT molecular complexity index is 443. The van der Waals surface area contributed by atoms with Gasteiger partial charge in [0.05, 0.1) is 0 Å². The average Bonchev–Trinajstić information content (AvgIpc) is 2.85. The van der Waals surface area contributed by atoms with Gasteiger partial charge >= 0.3 is 0 Å². The van der Waals surface area contributed by atoms with Crippen molar-refractivity contribution < 1.29 is 4.39 Å². The smallest absolute Gasteiger partial charge is 0.212 e. The highest BCUT2D eigenvalue weighted by atomic mass is 32.1. The molecule has 2 aromatic rings. The van der Waals surface area contributed by atoms with E-state index in [1.165, 1.54) is 23.5 Å². The van der Waals surface area contributed by atoms with Crippen molar-refractivity contribution in [2.24, 2.45) is 5.73 Å². The van der Waals surface area contributed by atoms with E-state index < -0.39 is 0 Å². The van der Waals surface area contributed by atoms with Crippen LogP contribution in [0.2, 0.25) is 0 Å². The Balaban J connectivity index is 2.23. The van der Waals surface area contributed by atoms with Crippen LogP contribution in [0.4, 0.5) is 15.2 Å². The van der Waals surface area contributed by atoms with Crippen molar-refractivity contribution in [3.05, 3.63) is 35.6 Å². The van der Waals surface area contributed by atoms with Crippen LogP contribution < -0.4 is 10.6 Å². The first-order chi connectivity index (χ1) is 8.31. The molecule has 1 heterocycles. The van der Waals surface area contributed by atoms with Gasteiger partial charge in [0.2, 0.25) is 5.13 Å². The Hall–Kier alpha value is -1.53. The van der Waals surface area contributed by atoms with Gasteiger partial charge in [0.1, 0.15) is 11.3 Å². The summed E-state index contributed by atoms with van der Waals surface area (Å²) in [5, 5.41) is 8.64. The molecular weight excluding hydrogens is 239 g/mol. The molecule has 0 aliphatic rings. The fraction of sp³-hybridized carbons (Fsp3) is 0.273. The van der Waals surface area contributed by atoms with Gasteiger partial charge in [0, 0.05) is 12.2 Å². The van der Waals surface area contributed by atoms with Gasteiger partial charge in [-0.25, -0.2) is 4.39 Å². The van der Waals surface area contributed by atoms with E-state index in [-0.39, 0.29) is 5.82 Å². The number of halogens is 1. The maximum absolute atomic E-state index is 12.9. The minimum absolute atomic E-state index is 0.246. The number of benzene rings is 1. The minimum atomic E-state index is -0.246. The Morgan fingerprint density at radius 3 is 2.65 bits per heavy atom. The van der Waals surface area contributed by atoms with Crippen LogP contribution in [-0.4, -0.2) is 23.3 Å². The molecule has 0 fully saturated rings. The summed E-state index contributed by atoms with van der Waals surface area (Å²) in [6, 6.07) is 6.33. The number of rotatable bonds is 5. The summed E-state index contributed by atoms with van der Waals surface area (Å²) in [6.07, 6.45) is 0.844. The highest BCUT2D eigenvalue weighted by Gasteiger charge is 2.11. The molecule has 0 spiro atoms. The SMILES string of the molecule is NCCCN(c1ccc(F)cc1)c1nncs1. The molecular formula is C11H13FN4S. The minimum Gasteiger partial charge on any atom is -0.330 e. The topological polar surface area (TPSA) is 55.0 Å². The fourth-order valence-corrected chi connectivity index (χ4v) is 2.10. The zero-order valence-electron chi connectivity index (χ0n) is 9.21. The van der Waals surface area contributed by atoms with Crippen molar-refractivity contribution in [1.82, 2.24) is 10.2 Å². The van der Waals surface area contributed by atoms with Gasteiger partial charge < -0.3 is 10.6 Å². The molecule has 1 aromatic carbocycles. The van der Waals surface area contributed by atoms with Crippen molar-refractivity contribution >= 4 is 22.2 Å². The Morgan fingerprint density at radius 2 is 2.06 bits per heavy atom. The van der Waals surface area contributed by atoms with Crippen LogP contribution in [0.15, 0.2) is 29.8 Å². The second-order valence-electron chi connectivity index (χ2n) is 3.49. The van der Waals surface area contributed by atoms with Crippen LogP contribution in [0.5, 0.6) is 0 Å². The lowest BCUT2D eigenvalue weighted by molar-refractivity contribution is 0.627. The maximum atomic E-state index is 12.9. The lowest BCUT2D eigenvalue weighted by atomic mass is 10.2. The number of anilines is 2. The molecule has 0 saturated heterocycles. The largest absolute Gasteiger partial charge is 0.330 e. The van der Waals surface area contributed by atoms with Gasteiger partial charge in [-0.1, -0.05) is 11.3 Å². The standard InChI is InChI=1S/C11H13FN4S/c12-9-2-4-10(5-3-9)16(7-1-6-13)11-15-14-8-17-11/h2-5,8H,1,6-7,13H2. The third-order valence-corrected chi connectivity index (χ3v) is 3.02. The molecule has 0 aliphatic heterocycles. The van der Waals surface area contributed by atoms with Crippen LogP contribution in [0.3, 0.4) is 0 Å². The van der Waals surface area contributed by atoms with E-state index in [4.69, 9.17) is 5.73 Å². The third-order valence-electron chi connectivity index (χ3n) is 2.30. The van der Waals surface area contributed by atoms with Gasteiger partial charge in [-0.2, -0.15) is 0 Å². The molecule has 0 atom stereocenters. The molecule has 0 radical (unpaired) electrons. The van der Waals surface area contributed by atoms with Crippen LogP contribution >= 0.6 is 11.3 Å². The Kier molecular flexibility index (Phi) is 4.00. The monoisotopic (exact) mass is 252 g/mol. The Labute approximate surface area is 103 Å². The van der Waals surface area contributed by atoms with Crippen molar-refractivity contribution in [3.63, 3.8) is 0 Å². The summed E-state index contributed by atoms with van der Waals surface area (Å²) in [4.78, 5) is 1.99. The summed E-state index contributed by atoms with van der Waals surface area (Å²) in [7, 11) is 0. The van der Waals surface area contributed by atoms with Gasteiger partial charge in [0.25, 0.3) is 0 Å². The van der Waals surface area contributed by atoms with Crippen molar-refractivity contribution in [3.8, 4) is 0 Å². The first-order valence-corrected chi connectivity index (χ1v) is 6.18. The average molecular weight is 252 g/mol. The van der Waals surface area contributed by atoms with Gasteiger partial charge in [0.15, 0.2) is 0 Å². The van der Waals surface area contributed by atoms with Gasteiger partial charge in [-0.15, -0.1) is 10.2 Å². The second-order valence-corrected chi connectivity index (χ2v) is 4.30. The predicted molar refractivity (Wildman–Crippen MR) is 67.0 cm³/mol. The number of hydrogen-bond donors (Lipinski definition) is 1. The zero-order valence-corrected chi connectivity index (χ0v) is 10.0. The van der Waals surface area contributed by atoms with E-state index >= 15 is 0 Å². The van der Waals surface area contributed by atoms with Crippen molar-refractivity contribution in [2.45, 2.75) is 6.42 Å². The molecule has 6 heteroatoms. The molecule has 2 rings (SSSR count). The molecule has 1 aromatic heterocycles. The molecule has 0 unspecified atom stereocenters. The highest BCUT2D eigenvalue weighted by molar-refractivity contribution is 7.13. The summed E-state index contributed by atoms with van der Waals surface area (Å²) >= 11 is 1.45. The number of nitrogens with zero attached hydrogens (tertiary/aromatic N) is 3. The molecule has 17 heavy (non-hydrogen) atoms. The fourth-order valence-electron chi connectivity index (χ4n) is 1.49. The molecule has 0 saturated carbocycles. The van der Waals surface area contributed by atoms with Gasteiger partial charge in [-0.3, -0.25) is 0 Å². The summed E-state index contributed by atoms with van der Waals surface area (Å²) < 4.78 is 12.9. The molecule has 2 N–H and O–H groups in total. The molecule has 0 bridgehead atoms. The first kappa shape index (κ1) is 11.9. The van der Waals surface area contributed by atoms with Crippen LogP contribution in [-0.2, 0) is 0 Å². The van der Waals surface area contributed by atoms with Crippen molar-refractivity contribution in [1.29, 1.82) is 0 Å². The van der Waals surface area contributed by atoms with Crippen LogP contribution in [0.1, 0.15) is 6.42 Å². The van der Waals surface area contributed by atoms with Gasteiger partial charge in [-0.05, 0) is 37.2 Å². The van der Waals surface area contributed by atoms with E-state index in [9.17, 15) is 4.39 Å². The number of nitrogens with two attached hydrogens (primary N) is 1. The third kappa shape index (κ3) is 2.98. The summed E-state index contributed by atoms with van der Waals surface area (Å²) in [5.41, 5.74) is 8.09. The van der Waals surface area contributed by atoms with Crippen LogP contribution in [0.25, 0.3) is 0 Å². The normalized spacial score (nSPS) is 10.5. The first-order valence-electron chi connectivity index (χ1n) is 5.30. The molecule has 90 valence electrons.